The highest BCUT2D eigenvalue weighted by atomic mass is 15.0. The van der Waals surface area contributed by atoms with Crippen LogP contribution >= 0.6 is 0 Å². The average Bonchev–Trinajstić information content (AvgIpc) is 2.74. The van der Waals surface area contributed by atoms with Gasteiger partial charge in [-0.1, -0.05) is 6.07 Å². The number of rotatable bonds is 4. The maximum absolute atomic E-state index is 4.36. The molecule has 1 aliphatic heterocycles. The molecule has 15 heavy (non-hydrogen) atoms. The van der Waals surface area contributed by atoms with E-state index in [4.69, 9.17) is 0 Å². The predicted molar refractivity (Wildman–Crippen MR) is 61.7 cm³/mol. The van der Waals surface area contributed by atoms with Crippen molar-refractivity contribution >= 4 is 0 Å². The first-order chi connectivity index (χ1) is 7.36. The molecule has 2 N–H and O–H groups in total. The third kappa shape index (κ3) is 3.01. The van der Waals surface area contributed by atoms with Crippen LogP contribution < -0.4 is 10.6 Å². The lowest BCUT2D eigenvalue weighted by atomic mass is 10.2. The molecule has 0 aliphatic carbocycles. The van der Waals surface area contributed by atoms with Crippen LogP contribution in [0.5, 0.6) is 0 Å². The van der Waals surface area contributed by atoms with Gasteiger partial charge in [0, 0.05) is 25.3 Å². The first kappa shape index (κ1) is 10.6. The normalized spacial score (nSPS) is 20.7. The molecule has 1 aromatic heterocycles. The molecule has 2 rings (SSSR count). The number of aromatic nitrogens is 1. The fraction of sp³-hybridized carbons (Fsp3) is 0.583. The topological polar surface area (TPSA) is 37.0 Å². The van der Waals surface area contributed by atoms with E-state index < -0.39 is 0 Å². The van der Waals surface area contributed by atoms with Crippen molar-refractivity contribution in [1.82, 2.24) is 15.6 Å². The Labute approximate surface area is 91.3 Å². The van der Waals surface area contributed by atoms with Gasteiger partial charge in [0.05, 0.1) is 5.69 Å². The van der Waals surface area contributed by atoms with Gasteiger partial charge in [0.25, 0.3) is 0 Å². The Hall–Kier alpha value is -0.930. The minimum atomic E-state index is 0.661. The van der Waals surface area contributed by atoms with Gasteiger partial charge in [-0.25, -0.2) is 0 Å². The van der Waals surface area contributed by atoms with Crippen molar-refractivity contribution in [2.75, 3.05) is 13.1 Å². The quantitative estimate of drug-likeness (QED) is 0.776. The maximum atomic E-state index is 4.36. The Morgan fingerprint density at radius 2 is 2.53 bits per heavy atom. The first-order valence-corrected chi connectivity index (χ1v) is 5.71. The Kier molecular flexibility index (Phi) is 3.69. The molecule has 1 saturated heterocycles. The first-order valence-electron chi connectivity index (χ1n) is 5.71. The van der Waals surface area contributed by atoms with Crippen LogP contribution in [0.25, 0.3) is 0 Å². The average molecular weight is 205 g/mol. The van der Waals surface area contributed by atoms with Gasteiger partial charge in [-0.2, -0.15) is 0 Å². The van der Waals surface area contributed by atoms with Crippen molar-refractivity contribution in [2.24, 2.45) is 0 Å². The summed E-state index contributed by atoms with van der Waals surface area (Å²) >= 11 is 0. The fourth-order valence-electron chi connectivity index (χ4n) is 2.00. The minimum Gasteiger partial charge on any atom is -0.313 e. The summed E-state index contributed by atoms with van der Waals surface area (Å²) in [6, 6.07) is 4.75. The van der Waals surface area contributed by atoms with Crippen LogP contribution in [0.4, 0.5) is 0 Å². The number of nitrogens with zero attached hydrogens (tertiary/aromatic N) is 1. The highest BCUT2D eigenvalue weighted by Crippen LogP contribution is 2.05. The molecule has 3 nitrogen and oxygen atoms in total. The lowest BCUT2D eigenvalue weighted by Gasteiger charge is -2.11. The van der Waals surface area contributed by atoms with Gasteiger partial charge in [-0.05, 0) is 37.9 Å². The van der Waals surface area contributed by atoms with E-state index in [1.165, 1.54) is 24.9 Å². The highest BCUT2D eigenvalue weighted by molar-refractivity contribution is 5.17. The molecule has 1 atom stereocenters. The molecule has 0 radical (unpaired) electrons. The van der Waals surface area contributed by atoms with Gasteiger partial charge in [-0.15, -0.1) is 0 Å². The minimum absolute atomic E-state index is 0.661. The van der Waals surface area contributed by atoms with E-state index in [1.54, 1.807) is 0 Å². The predicted octanol–water partition coefficient (Wildman–Crippen LogP) is 1.23. The van der Waals surface area contributed by atoms with Gasteiger partial charge in [0.15, 0.2) is 0 Å². The number of pyridine rings is 1. The van der Waals surface area contributed by atoms with Crippen LogP contribution in [0, 0.1) is 6.92 Å². The second kappa shape index (κ2) is 5.24. The molecule has 1 fully saturated rings. The SMILES string of the molecule is Cc1cccnc1CNCC1CCCN1. The van der Waals surface area contributed by atoms with Gasteiger partial charge >= 0.3 is 0 Å². The Bertz CT molecular complexity index is 305. The molecular formula is C12H19N3. The third-order valence-electron chi connectivity index (χ3n) is 2.96. The molecule has 82 valence electrons. The van der Waals surface area contributed by atoms with Crippen LogP contribution in [0.3, 0.4) is 0 Å². The second-order valence-electron chi connectivity index (χ2n) is 4.19. The summed E-state index contributed by atoms with van der Waals surface area (Å²) in [6.07, 6.45) is 4.47. The summed E-state index contributed by atoms with van der Waals surface area (Å²) in [5.74, 6) is 0. The monoisotopic (exact) mass is 205 g/mol. The van der Waals surface area contributed by atoms with E-state index in [0.29, 0.717) is 6.04 Å². The summed E-state index contributed by atoms with van der Waals surface area (Å²) in [5.41, 5.74) is 2.43. The van der Waals surface area contributed by atoms with Crippen molar-refractivity contribution in [3.05, 3.63) is 29.6 Å². The van der Waals surface area contributed by atoms with Crippen molar-refractivity contribution in [3.8, 4) is 0 Å². The molecule has 1 aliphatic rings. The van der Waals surface area contributed by atoms with E-state index in [0.717, 1.165) is 18.8 Å². The van der Waals surface area contributed by atoms with Crippen LogP contribution in [-0.4, -0.2) is 24.1 Å². The Balaban J connectivity index is 1.75. The van der Waals surface area contributed by atoms with Gasteiger partial charge in [0.1, 0.15) is 0 Å². The van der Waals surface area contributed by atoms with Crippen LogP contribution in [0.2, 0.25) is 0 Å². The summed E-state index contributed by atoms with van der Waals surface area (Å²) in [4.78, 5) is 4.36. The zero-order chi connectivity index (χ0) is 10.5. The molecule has 0 saturated carbocycles. The van der Waals surface area contributed by atoms with Gasteiger partial charge in [-0.3, -0.25) is 4.98 Å². The smallest absolute Gasteiger partial charge is 0.0570 e. The van der Waals surface area contributed by atoms with Crippen molar-refractivity contribution < 1.29 is 0 Å². The molecule has 2 heterocycles. The fourth-order valence-corrected chi connectivity index (χ4v) is 2.00. The summed E-state index contributed by atoms with van der Waals surface area (Å²) in [7, 11) is 0. The molecule has 0 aromatic carbocycles. The molecule has 0 amide bonds. The lowest BCUT2D eigenvalue weighted by molar-refractivity contribution is 0.532. The molecule has 1 unspecified atom stereocenters. The van der Waals surface area contributed by atoms with Crippen molar-refractivity contribution in [2.45, 2.75) is 32.4 Å². The summed E-state index contributed by atoms with van der Waals surface area (Å²) < 4.78 is 0. The summed E-state index contributed by atoms with van der Waals surface area (Å²) in [5, 5.41) is 6.93. The zero-order valence-electron chi connectivity index (χ0n) is 9.29. The number of hydrogen-bond donors (Lipinski definition) is 2. The molecule has 0 bridgehead atoms. The molecular weight excluding hydrogens is 186 g/mol. The number of aryl methyl sites for hydroxylation is 1. The molecule has 3 heteroatoms. The standard InChI is InChI=1S/C12H19N3/c1-10-4-2-7-15-12(10)9-13-8-11-5-3-6-14-11/h2,4,7,11,13-14H,3,5-6,8-9H2,1H3. The van der Waals surface area contributed by atoms with E-state index in [2.05, 4.69) is 28.6 Å². The Morgan fingerprint density at radius 3 is 3.27 bits per heavy atom. The second-order valence-corrected chi connectivity index (χ2v) is 4.19. The van der Waals surface area contributed by atoms with Gasteiger partial charge < -0.3 is 10.6 Å². The highest BCUT2D eigenvalue weighted by Gasteiger charge is 2.12. The van der Waals surface area contributed by atoms with Crippen LogP contribution in [0.15, 0.2) is 18.3 Å². The van der Waals surface area contributed by atoms with Crippen molar-refractivity contribution in [1.29, 1.82) is 0 Å². The third-order valence-corrected chi connectivity index (χ3v) is 2.96. The van der Waals surface area contributed by atoms with Gasteiger partial charge in [0.2, 0.25) is 0 Å². The molecule has 1 aromatic rings. The van der Waals surface area contributed by atoms with Crippen LogP contribution in [0.1, 0.15) is 24.1 Å². The number of hydrogen-bond acceptors (Lipinski definition) is 3. The molecule has 0 spiro atoms. The van der Waals surface area contributed by atoms with E-state index in [-0.39, 0.29) is 0 Å². The van der Waals surface area contributed by atoms with Crippen LogP contribution in [-0.2, 0) is 6.54 Å². The summed E-state index contributed by atoms with van der Waals surface area (Å²) in [6.45, 7) is 5.22. The number of nitrogens with one attached hydrogen (secondary N) is 2. The Morgan fingerprint density at radius 1 is 1.60 bits per heavy atom. The van der Waals surface area contributed by atoms with E-state index in [1.807, 2.05) is 12.3 Å². The lowest BCUT2D eigenvalue weighted by Crippen LogP contribution is -2.33. The van der Waals surface area contributed by atoms with E-state index in [9.17, 15) is 0 Å². The largest absolute Gasteiger partial charge is 0.313 e. The maximum Gasteiger partial charge on any atom is 0.0570 e. The van der Waals surface area contributed by atoms with Crippen molar-refractivity contribution in [3.63, 3.8) is 0 Å². The van der Waals surface area contributed by atoms with E-state index >= 15 is 0 Å². The zero-order valence-corrected chi connectivity index (χ0v) is 9.29.